The maximum atomic E-state index is 13.1. The summed E-state index contributed by atoms with van der Waals surface area (Å²) in [4.78, 5) is 26.7. The van der Waals surface area contributed by atoms with Crippen LogP contribution in [0.25, 0.3) is 0 Å². The molecule has 1 spiro atoms. The number of amides is 1. The monoisotopic (exact) mass is 449 g/mol. The first-order valence-electron chi connectivity index (χ1n) is 10.5. The maximum absolute atomic E-state index is 13.1. The van der Waals surface area contributed by atoms with Crippen LogP contribution in [-0.2, 0) is 12.1 Å². The van der Waals surface area contributed by atoms with Crippen molar-refractivity contribution in [1.29, 1.82) is 0 Å². The van der Waals surface area contributed by atoms with Crippen LogP contribution < -0.4 is 5.32 Å². The molecule has 3 heterocycles. The topological polar surface area (TPSA) is 74.6 Å². The van der Waals surface area contributed by atoms with E-state index in [4.69, 9.17) is 0 Å². The number of carbonyl (C=O) groups excluding carboxylic acids is 2. The number of benzene rings is 1. The normalized spacial score (nSPS) is 19.6. The summed E-state index contributed by atoms with van der Waals surface area (Å²) in [5.41, 5.74) is 0.228. The van der Waals surface area contributed by atoms with Crippen molar-refractivity contribution in [2.75, 3.05) is 13.1 Å². The van der Waals surface area contributed by atoms with Gasteiger partial charge in [-0.1, -0.05) is 0 Å². The lowest BCUT2D eigenvalue weighted by atomic mass is 9.79. The Morgan fingerprint density at radius 1 is 1.09 bits per heavy atom. The molecule has 9 heteroatoms. The predicted molar refractivity (Wildman–Crippen MR) is 112 cm³/mol. The number of aromatic nitrogens is 1. The van der Waals surface area contributed by atoms with Crippen molar-refractivity contribution in [2.45, 2.75) is 57.4 Å². The number of nitrogens with one attached hydrogen (secondary N) is 1. The fourth-order valence-electron chi connectivity index (χ4n) is 4.99. The molecule has 0 bridgehead atoms. The molecule has 172 valence electrons. The molecule has 0 atom stereocenters. The van der Waals surface area contributed by atoms with Gasteiger partial charge in [-0.3, -0.25) is 14.9 Å². The van der Waals surface area contributed by atoms with Crippen LogP contribution in [-0.4, -0.2) is 51.1 Å². The average Bonchev–Trinajstić information content (AvgIpc) is 3.12. The number of phenols is 1. The van der Waals surface area contributed by atoms with Crippen LogP contribution in [0.5, 0.6) is 5.75 Å². The third-order valence-electron chi connectivity index (χ3n) is 6.44. The lowest BCUT2D eigenvalue weighted by Crippen LogP contribution is -2.63. The first-order chi connectivity index (χ1) is 14.8. The summed E-state index contributed by atoms with van der Waals surface area (Å²) in [6.45, 7) is 6.58. The highest BCUT2D eigenvalue weighted by atomic mass is 19.4. The van der Waals surface area contributed by atoms with Crippen LogP contribution in [0.4, 0.5) is 13.2 Å². The van der Waals surface area contributed by atoms with Gasteiger partial charge in [0.05, 0.1) is 11.2 Å². The third-order valence-corrected chi connectivity index (χ3v) is 6.44. The summed E-state index contributed by atoms with van der Waals surface area (Å²) in [5.74, 6) is -1.87. The zero-order chi connectivity index (χ0) is 23.5. The number of alkyl halides is 3. The Labute approximate surface area is 184 Å². The number of aryl methyl sites for hydroxylation is 1. The van der Waals surface area contributed by atoms with Gasteiger partial charge in [-0.2, -0.15) is 13.2 Å². The Bertz CT molecular complexity index is 1080. The smallest absolute Gasteiger partial charge is 0.456 e. The maximum Gasteiger partial charge on any atom is 0.456 e. The number of hydrogen-bond acceptors (Lipinski definition) is 4. The standard InChI is InChI=1S/C23H26F3N3O3/c1-14-12-15(4-6-17(14)30)20(32)28-10-8-22(9-11-28)18-7-5-16(19(31)23(24,25)26)29(18)13-21(2,3)27-22/h4-7,12,27,30H,8-11,13H2,1-3H3. The first-order valence-corrected chi connectivity index (χ1v) is 10.5. The minimum Gasteiger partial charge on any atom is -0.508 e. The molecule has 0 saturated carbocycles. The van der Waals surface area contributed by atoms with Gasteiger partial charge in [0.1, 0.15) is 5.75 Å². The number of hydrogen-bond donors (Lipinski definition) is 2. The fraction of sp³-hybridized carbons (Fsp3) is 0.478. The second kappa shape index (κ2) is 7.37. The number of fused-ring (bicyclic) bond motifs is 2. The van der Waals surface area contributed by atoms with E-state index < -0.39 is 23.0 Å². The number of ketones is 1. The number of Topliss-reactive ketones (excluding diaryl/α,β-unsaturated/α-hetero) is 1. The summed E-state index contributed by atoms with van der Waals surface area (Å²) >= 11 is 0. The van der Waals surface area contributed by atoms with Gasteiger partial charge < -0.3 is 14.6 Å². The molecule has 1 saturated heterocycles. The highest BCUT2D eigenvalue weighted by Crippen LogP contribution is 2.41. The van der Waals surface area contributed by atoms with Gasteiger partial charge in [0.15, 0.2) is 0 Å². The second-order valence-corrected chi connectivity index (χ2v) is 9.40. The Morgan fingerprint density at radius 3 is 2.34 bits per heavy atom. The van der Waals surface area contributed by atoms with Gasteiger partial charge in [0, 0.05) is 36.4 Å². The summed E-state index contributed by atoms with van der Waals surface area (Å²) in [6.07, 6.45) is -3.93. The van der Waals surface area contributed by atoms with E-state index in [0.29, 0.717) is 42.8 Å². The number of piperidine rings is 1. The zero-order valence-corrected chi connectivity index (χ0v) is 18.2. The van der Waals surface area contributed by atoms with Crippen LogP contribution in [0.2, 0.25) is 0 Å². The molecule has 0 unspecified atom stereocenters. The molecule has 2 N–H and O–H groups in total. The van der Waals surface area contributed by atoms with Crippen molar-refractivity contribution in [3.05, 3.63) is 52.8 Å². The molecule has 1 aromatic heterocycles. The Kier molecular flexibility index (Phi) is 5.15. The van der Waals surface area contributed by atoms with Gasteiger partial charge in [0.25, 0.3) is 11.7 Å². The number of halogens is 3. The molecular weight excluding hydrogens is 423 g/mol. The number of carbonyl (C=O) groups is 2. The number of likely N-dealkylation sites (tertiary alicyclic amines) is 1. The highest BCUT2D eigenvalue weighted by Gasteiger charge is 2.49. The zero-order valence-electron chi connectivity index (χ0n) is 18.2. The van der Waals surface area contributed by atoms with Crippen molar-refractivity contribution < 1.29 is 27.9 Å². The number of aromatic hydroxyl groups is 1. The van der Waals surface area contributed by atoms with Crippen LogP contribution in [0.15, 0.2) is 30.3 Å². The van der Waals surface area contributed by atoms with Crippen LogP contribution in [0.1, 0.15) is 58.8 Å². The van der Waals surface area contributed by atoms with Crippen LogP contribution >= 0.6 is 0 Å². The summed E-state index contributed by atoms with van der Waals surface area (Å²) in [7, 11) is 0. The Hall–Kier alpha value is -2.81. The predicted octanol–water partition coefficient (Wildman–Crippen LogP) is 3.76. The van der Waals surface area contributed by atoms with E-state index in [9.17, 15) is 27.9 Å². The average molecular weight is 449 g/mol. The molecule has 4 rings (SSSR count). The molecule has 2 aliphatic rings. The van der Waals surface area contributed by atoms with E-state index in [-0.39, 0.29) is 23.9 Å². The van der Waals surface area contributed by atoms with Crippen LogP contribution in [0.3, 0.4) is 0 Å². The number of rotatable bonds is 2. The quantitative estimate of drug-likeness (QED) is 0.685. The second-order valence-electron chi connectivity index (χ2n) is 9.40. The first kappa shape index (κ1) is 22.4. The van der Waals surface area contributed by atoms with Crippen molar-refractivity contribution in [3.63, 3.8) is 0 Å². The lowest BCUT2D eigenvalue weighted by Gasteiger charge is -2.51. The third kappa shape index (κ3) is 3.79. The molecule has 0 aliphatic carbocycles. The minimum atomic E-state index is -4.94. The van der Waals surface area contributed by atoms with E-state index in [1.165, 1.54) is 16.7 Å². The van der Waals surface area contributed by atoms with Gasteiger partial charge in [0.2, 0.25) is 0 Å². The van der Waals surface area contributed by atoms with E-state index >= 15 is 0 Å². The van der Waals surface area contributed by atoms with Gasteiger partial charge in [-0.25, -0.2) is 0 Å². The van der Waals surface area contributed by atoms with Crippen LogP contribution in [0, 0.1) is 6.92 Å². The SMILES string of the molecule is Cc1cc(C(=O)N2CCC3(CC2)NC(C)(C)Cn2c(C(=O)C(F)(F)F)ccc23)ccc1O. The van der Waals surface area contributed by atoms with Crippen molar-refractivity contribution >= 4 is 11.7 Å². The Balaban J connectivity index is 1.61. The van der Waals surface area contributed by atoms with E-state index in [2.05, 4.69) is 5.32 Å². The largest absolute Gasteiger partial charge is 0.508 e. The molecule has 1 aromatic carbocycles. The van der Waals surface area contributed by atoms with Crippen molar-refractivity contribution in [2.24, 2.45) is 0 Å². The summed E-state index contributed by atoms with van der Waals surface area (Å²) in [6, 6.07) is 7.57. The van der Waals surface area contributed by atoms with Crippen molar-refractivity contribution in [1.82, 2.24) is 14.8 Å². The molecule has 32 heavy (non-hydrogen) atoms. The summed E-state index contributed by atoms with van der Waals surface area (Å²) < 4.78 is 40.9. The number of nitrogens with zero attached hydrogens (tertiary/aromatic N) is 2. The summed E-state index contributed by atoms with van der Waals surface area (Å²) in [5, 5.41) is 13.3. The van der Waals surface area contributed by atoms with Gasteiger partial charge in [-0.05, 0) is 69.5 Å². The molecule has 1 amide bonds. The molecule has 1 fully saturated rings. The minimum absolute atomic E-state index is 0.123. The Morgan fingerprint density at radius 2 is 1.75 bits per heavy atom. The molecule has 2 aromatic rings. The van der Waals surface area contributed by atoms with E-state index in [0.717, 1.165) is 0 Å². The van der Waals surface area contributed by atoms with Crippen molar-refractivity contribution in [3.8, 4) is 5.75 Å². The fourth-order valence-corrected chi connectivity index (χ4v) is 4.99. The lowest BCUT2D eigenvalue weighted by molar-refractivity contribution is -0.0892. The van der Waals surface area contributed by atoms with E-state index in [1.54, 1.807) is 30.0 Å². The molecular formula is C23H26F3N3O3. The van der Waals surface area contributed by atoms with E-state index in [1.807, 2.05) is 13.8 Å². The van der Waals surface area contributed by atoms with Gasteiger partial charge in [-0.15, -0.1) is 0 Å². The molecule has 6 nitrogen and oxygen atoms in total. The number of phenolic OH excluding ortho intramolecular Hbond substituents is 1. The highest BCUT2D eigenvalue weighted by molar-refractivity contribution is 5.99. The molecule has 0 radical (unpaired) electrons. The molecule has 2 aliphatic heterocycles. The van der Waals surface area contributed by atoms with Gasteiger partial charge >= 0.3 is 6.18 Å².